The van der Waals surface area contributed by atoms with E-state index in [1.165, 1.54) is 12.1 Å². The number of rotatable bonds is 9. The molecule has 0 aliphatic rings. The third-order valence-electron chi connectivity index (χ3n) is 3.58. The lowest BCUT2D eigenvalue weighted by Crippen LogP contribution is -2.07. The van der Waals surface area contributed by atoms with Crippen molar-refractivity contribution in [3.05, 3.63) is 66.2 Å². The van der Waals surface area contributed by atoms with Crippen LogP contribution in [-0.2, 0) is 12.6 Å². The molecule has 0 bridgehead atoms. The van der Waals surface area contributed by atoms with E-state index < -0.39 is 11.7 Å². The second-order valence-electron chi connectivity index (χ2n) is 5.55. The molecule has 0 saturated heterocycles. The van der Waals surface area contributed by atoms with Crippen LogP contribution in [0, 0.1) is 0 Å². The van der Waals surface area contributed by atoms with Gasteiger partial charge in [-0.1, -0.05) is 18.2 Å². The van der Waals surface area contributed by atoms with Crippen LogP contribution in [0.3, 0.4) is 0 Å². The molecule has 0 N–H and O–H groups in total. The second kappa shape index (κ2) is 9.17. The fraction of sp³-hybridized carbons (Fsp3) is 0.300. The van der Waals surface area contributed by atoms with Crippen LogP contribution in [0.2, 0.25) is 0 Å². The largest absolute Gasteiger partial charge is 0.493 e. The van der Waals surface area contributed by atoms with Gasteiger partial charge < -0.3 is 14.2 Å². The van der Waals surface area contributed by atoms with Crippen LogP contribution >= 0.6 is 0 Å². The monoisotopic (exact) mass is 366 g/mol. The molecule has 0 saturated carbocycles. The highest BCUT2D eigenvalue weighted by Crippen LogP contribution is 2.31. The van der Waals surface area contributed by atoms with Crippen molar-refractivity contribution in [2.75, 3.05) is 20.3 Å². The van der Waals surface area contributed by atoms with Gasteiger partial charge in [-0.25, -0.2) is 0 Å². The lowest BCUT2D eigenvalue weighted by atomic mass is 10.1. The standard InChI is InChI=1S/C20H21F3O3/c1-3-6-15-9-10-18(19(13-15)24-2)26-12-5-11-25-17-8-4-7-16(14-17)20(21,22)23/h3-4,7-10,13-14H,1,5-6,11-12H2,2H3. The molecule has 2 aromatic rings. The molecule has 0 aliphatic heterocycles. The quantitative estimate of drug-likeness (QED) is 0.446. The summed E-state index contributed by atoms with van der Waals surface area (Å²) in [5.74, 6) is 1.42. The summed E-state index contributed by atoms with van der Waals surface area (Å²) in [6.45, 7) is 4.30. The molecule has 2 aromatic carbocycles. The molecule has 0 amide bonds. The number of benzene rings is 2. The smallest absolute Gasteiger partial charge is 0.416 e. The normalized spacial score (nSPS) is 11.1. The highest BCUT2D eigenvalue weighted by atomic mass is 19.4. The predicted octanol–water partition coefficient (Wildman–Crippen LogP) is 5.29. The zero-order chi connectivity index (χ0) is 19.0. The first-order chi connectivity index (χ1) is 12.4. The molecular weight excluding hydrogens is 345 g/mol. The van der Waals surface area contributed by atoms with E-state index in [0.29, 0.717) is 24.5 Å². The summed E-state index contributed by atoms with van der Waals surface area (Å²) < 4.78 is 54.3. The number of halogens is 3. The van der Waals surface area contributed by atoms with Crippen LogP contribution in [0.25, 0.3) is 0 Å². The van der Waals surface area contributed by atoms with Gasteiger partial charge in [0.25, 0.3) is 0 Å². The van der Waals surface area contributed by atoms with Crippen LogP contribution in [-0.4, -0.2) is 20.3 Å². The lowest BCUT2D eigenvalue weighted by Gasteiger charge is -2.13. The Hall–Kier alpha value is -2.63. The minimum atomic E-state index is -4.38. The SMILES string of the molecule is C=CCc1ccc(OCCCOc2cccc(C(F)(F)F)c2)c(OC)c1. The van der Waals surface area contributed by atoms with E-state index in [2.05, 4.69) is 6.58 Å². The molecule has 0 spiro atoms. The molecule has 6 heteroatoms. The number of hydrogen-bond donors (Lipinski definition) is 0. The van der Waals surface area contributed by atoms with Gasteiger partial charge in [0.15, 0.2) is 11.5 Å². The van der Waals surface area contributed by atoms with Crippen molar-refractivity contribution in [1.29, 1.82) is 0 Å². The maximum absolute atomic E-state index is 12.7. The van der Waals surface area contributed by atoms with Gasteiger partial charge in [-0.05, 0) is 42.3 Å². The molecule has 0 unspecified atom stereocenters. The highest BCUT2D eigenvalue weighted by Gasteiger charge is 2.30. The molecule has 0 atom stereocenters. The van der Waals surface area contributed by atoms with E-state index in [1.54, 1.807) is 13.2 Å². The molecule has 140 valence electrons. The van der Waals surface area contributed by atoms with Gasteiger partial charge in [0, 0.05) is 6.42 Å². The van der Waals surface area contributed by atoms with Gasteiger partial charge in [-0.2, -0.15) is 13.2 Å². The lowest BCUT2D eigenvalue weighted by molar-refractivity contribution is -0.137. The topological polar surface area (TPSA) is 27.7 Å². The average molecular weight is 366 g/mol. The number of hydrogen-bond acceptors (Lipinski definition) is 3. The van der Waals surface area contributed by atoms with Crippen molar-refractivity contribution in [1.82, 2.24) is 0 Å². The van der Waals surface area contributed by atoms with E-state index >= 15 is 0 Å². The van der Waals surface area contributed by atoms with Crippen LogP contribution in [0.4, 0.5) is 13.2 Å². The molecule has 0 heterocycles. The molecule has 0 aliphatic carbocycles. The Kier molecular flexibility index (Phi) is 6.95. The summed E-state index contributed by atoms with van der Waals surface area (Å²) in [7, 11) is 1.57. The van der Waals surface area contributed by atoms with Crippen molar-refractivity contribution in [3.8, 4) is 17.2 Å². The summed E-state index contributed by atoms with van der Waals surface area (Å²) >= 11 is 0. The summed E-state index contributed by atoms with van der Waals surface area (Å²) in [6, 6.07) is 10.5. The first kappa shape index (κ1) is 19.7. The number of ether oxygens (including phenoxy) is 3. The van der Waals surface area contributed by atoms with E-state index in [4.69, 9.17) is 14.2 Å². The molecule has 0 radical (unpaired) electrons. The summed E-state index contributed by atoms with van der Waals surface area (Å²) in [4.78, 5) is 0. The van der Waals surface area contributed by atoms with E-state index in [9.17, 15) is 13.2 Å². The molecule has 26 heavy (non-hydrogen) atoms. The van der Waals surface area contributed by atoms with Crippen LogP contribution in [0.15, 0.2) is 55.1 Å². The maximum atomic E-state index is 12.7. The Labute approximate surface area is 151 Å². The van der Waals surface area contributed by atoms with Crippen LogP contribution in [0.5, 0.6) is 17.2 Å². The zero-order valence-electron chi connectivity index (χ0n) is 14.5. The maximum Gasteiger partial charge on any atom is 0.416 e. The fourth-order valence-electron chi connectivity index (χ4n) is 2.32. The highest BCUT2D eigenvalue weighted by molar-refractivity contribution is 5.43. The van der Waals surface area contributed by atoms with Gasteiger partial charge in [-0.3, -0.25) is 0 Å². The Balaban J connectivity index is 1.81. The Morgan fingerprint density at radius 2 is 1.77 bits per heavy atom. The Morgan fingerprint density at radius 3 is 2.46 bits per heavy atom. The van der Waals surface area contributed by atoms with Crippen molar-refractivity contribution < 1.29 is 27.4 Å². The Morgan fingerprint density at radius 1 is 1.00 bits per heavy atom. The molecule has 0 aromatic heterocycles. The van der Waals surface area contributed by atoms with Gasteiger partial charge in [-0.15, -0.1) is 6.58 Å². The molecular formula is C20H21F3O3. The van der Waals surface area contributed by atoms with Crippen molar-refractivity contribution in [2.45, 2.75) is 19.0 Å². The molecule has 2 rings (SSSR count). The summed E-state index contributed by atoms with van der Waals surface area (Å²) in [5.41, 5.74) is 0.340. The van der Waals surface area contributed by atoms with Gasteiger partial charge in [0.2, 0.25) is 0 Å². The minimum absolute atomic E-state index is 0.186. The van der Waals surface area contributed by atoms with Crippen molar-refractivity contribution in [2.24, 2.45) is 0 Å². The first-order valence-electron chi connectivity index (χ1n) is 8.14. The molecule has 0 fully saturated rings. The predicted molar refractivity (Wildman–Crippen MR) is 93.9 cm³/mol. The average Bonchev–Trinajstić information content (AvgIpc) is 2.62. The van der Waals surface area contributed by atoms with Gasteiger partial charge in [0.05, 0.1) is 25.9 Å². The summed E-state index contributed by atoms with van der Waals surface area (Å²) in [5, 5.41) is 0. The van der Waals surface area contributed by atoms with Crippen LogP contribution < -0.4 is 14.2 Å². The van der Waals surface area contributed by atoms with E-state index in [1.807, 2.05) is 18.2 Å². The van der Waals surface area contributed by atoms with Gasteiger partial charge in [0.1, 0.15) is 5.75 Å². The third-order valence-corrected chi connectivity index (χ3v) is 3.58. The van der Waals surface area contributed by atoms with Gasteiger partial charge >= 0.3 is 6.18 Å². The Bertz CT molecular complexity index is 726. The first-order valence-corrected chi connectivity index (χ1v) is 8.14. The zero-order valence-corrected chi connectivity index (χ0v) is 14.5. The number of methoxy groups -OCH3 is 1. The van der Waals surface area contributed by atoms with Crippen molar-refractivity contribution in [3.63, 3.8) is 0 Å². The van der Waals surface area contributed by atoms with E-state index in [-0.39, 0.29) is 12.4 Å². The molecule has 3 nitrogen and oxygen atoms in total. The number of alkyl halides is 3. The van der Waals surface area contributed by atoms with Crippen LogP contribution in [0.1, 0.15) is 17.5 Å². The minimum Gasteiger partial charge on any atom is -0.493 e. The summed E-state index contributed by atoms with van der Waals surface area (Å²) in [6.07, 6.45) is -1.31. The fourth-order valence-corrected chi connectivity index (χ4v) is 2.32. The number of allylic oxidation sites excluding steroid dienone is 1. The second-order valence-corrected chi connectivity index (χ2v) is 5.55. The third kappa shape index (κ3) is 5.72. The van der Waals surface area contributed by atoms with E-state index in [0.717, 1.165) is 24.1 Å². The van der Waals surface area contributed by atoms with Crippen molar-refractivity contribution >= 4 is 0 Å².